The molecular formula is C49H83N5O11. The SMILES string of the molecule is CCc1cccc(-n2cc(CCN(C)[C@H]3C[C@@H](C)O[C@@H](O[C@@H]4[C@@H](C)[C@H](C5C[C@@](C)(OC)[C@@H](O)[C@H](C)O5)[C@@H](C)C(=O)O[C@H](CC)[C@@](C)(O)[C@H](O)[C@@H](C)N(C)C[C@H](C)C[C@@]4(C)O)[C@@H]3O)nn2)c1. The number of aromatic nitrogens is 3. The molecule has 4 heterocycles. The number of nitrogens with zero attached hydrogens (tertiary/aromatic N) is 5. The minimum atomic E-state index is -1.80. The van der Waals surface area contributed by atoms with Crippen molar-refractivity contribution in [3.05, 3.63) is 41.7 Å². The number of hydrogen-bond donors (Lipinski definition) is 5. The number of likely N-dealkylation sites (N-methyl/N-ethyl adjacent to an activating group) is 2. The molecule has 1 aromatic carbocycles. The first-order valence-electron chi connectivity index (χ1n) is 24.0. The van der Waals surface area contributed by atoms with Gasteiger partial charge in [0.15, 0.2) is 6.29 Å². The third-order valence-electron chi connectivity index (χ3n) is 15.3. The summed E-state index contributed by atoms with van der Waals surface area (Å²) in [6, 6.07) is 7.29. The van der Waals surface area contributed by atoms with Crippen molar-refractivity contribution in [2.45, 2.75) is 199 Å². The highest BCUT2D eigenvalue weighted by Crippen LogP contribution is 2.45. The summed E-state index contributed by atoms with van der Waals surface area (Å²) >= 11 is 0. The predicted octanol–water partition coefficient (Wildman–Crippen LogP) is 3.93. The number of carbonyl (C=O) groups excluding carboxylic acids is 1. The van der Waals surface area contributed by atoms with Crippen molar-refractivity contribution in [3.8, 4) is 5.69 Å². The lowest BCUT2D eigenvalue weighted by Crippen LogP contribution is -2.62. The van der Waals surface area contributed by atoms with E-state index in [-0.39, 0.29) is 37.3 Å². The van der Waals surface area contributed by atoms with Gasteiger partial charge in [-0.2, -0.15) is 0 Å². The van der Waals surface area contributed by atoms with Crippen LogP contribution in [0.25, 0.3) is 5.69 Å². The summed E-state index contributed by atoms with van der Waals surface area (Å²) in [5.41, 5.74) is -1.44. The van der Waals surface area contributed by atoms with E-state index in [1.807, 2.05) is 71.9 Å². The molecule has 16 heteroatoms. The maximum atomic E-state index is 14.6. The Morgan fingerprint density at radius 2 is 1.68 bits per heavy atom. The first kappa shape index (κ1) is 53.3. The molecule has 2 aromatic rings. The van der Waals surface area contributed by atoms with Crippen LogP contribution in [0.4, 0.5) is 0 Å². The van der Waals surface area contributed by atoms with E-state index in [1.165, 1.54) is 19.6 Å². The van der Waals surface area contributed by atoms with Crippen LogP contribution in [0, 0.1) is 23.7 Å². The number of rotatable bonds is 11. The average Bonchev–Trinajstić information content (AvgIpc) is 3.74. The van der Waals surface area contributed by atoms with Crippen LogP contribution in [0.1, 0.15) is 113 Å². The Hall–Kier alpha value is -2.61. The number of benzene rings is 1. The summed E-state index contributed by atoms with van der Waals surface area (Å²) in [4.78, 5) is 18.6. The van der Waals surface area contributed by atoms with Gasteiger partial charge in [0, 0.05) is 51.0 Å². The first-order chi connectivity index (χ1) is 30.4. The minimum Gasteiger partial charge on any atom is -0.459 e. The van der Waals surface area contributed by atoms with Crippen molar-refractivity contribution < 1.29 is 54.0 Å². The number of hydrogen-bond acceptors (Lipinski definition) is 15. The molecular weight excluding hydrogens is 835 g/mol. The van der Waals surface area contributed by atoms with Crippen LogP contribution in [0.15, 0.2) is 30.5 Å². The Balaban J connectivity index is 1.49. The number of aliphatic hydroxyl groups excluding tert-OH is 3. The molecule has 3 aliphatic heterocycles. The highest BCUT2D eigenvalue weighted by atomic mass is 16.7. The molecule has 18 atom stereocenters. The number of ether oxygens (including phenoxy) is 5. The van der Waals surface area contributed by atoms with Gasteiger partial charge in [-0.1, -0.05) is 52.0 Å². The number of aryl methyl sites for hydroxylation is 1. The topological polar surface area (TPSA) is 202 Å². The van der Waals surface area contributed by atoms with E-state index >= 15 is 0 Å². The van der Waals surface area contributed by atoms with E-state index in [0.717, 1.165) is 17.8 Å². The number of esters is 1. The Morgan fingerprint density at radius 1 is 0.985 bits per heavy atom. The maximum Gasteiger partial charge on any atom is 0.309 e. The molecule has 0 spiro atoms. The number of cyclic esters (lactones) is 1. The van der Waals surface area contributed by atoms with E-state index < -0.39 is 95.6 Å². The van der Waals surface area contributed by atoms with Gasteiger partial charge in [0.25, 0.3) is 0 Å². The molecule has 16 nitrogen and oxygen atoms in total. The summed E-state index contributed by atoms with van der Waals surface area (Å²) in [6.45, 7) is 21.2. The van der Waals surface area contributed by atoms with Crippen LogP contribution < -0.4 is 0 Å². The second-order valence-electron chi connectivity index (χ2n) is 20.7. The largest absolute Gasteiger partial charge is 0.459 e. The molecule has 5 rings (SSSR count). The second kappa shape index (κ2) is 21.8. The molecule has 3 aliphatic rings. The Morgan fingerprint density at radius 3 is 2.32 bits per heavy atom. The summed E-state index contributed by atoms with van der Waals surface area (Å²) in [5.74, 6) is -3.06. The van der Waals surface area contributed by atoms with E-state index in [0.29, 0.717) is 25.9 Å². The Kier molecular flexibility index (Phi) is 17.9. The maximum absolute atomic E-state index is 14.6. The van der Waals surface area contributed by atoms with E-state index in [2.05, 4.69) is 34.3 Å². The van der Waals surface area contributed by atoms with Crippen molar-refractivity contribution in [1.29, 1.82) is 0 Å². The van der Waals surface area contributed by atoms with E-state index in [1.54, 1.807) is 32.4 Å². The van der Waals surface area contributed by atoms with Crippen LogP contribution in [-0.4, -0.2) is 175 Å². The van der Waals surface area contributed by atoms with Crippen LogP contribution in [-0.2, 0) is 41.3 Å². The zero-order chi connectivity index (χ0) is 48.3. The van der Waals surface area contributed by atoms with E-state index in [4.69, 9.17) is 23.7 Å². The summed E-state index contributed by atoms with van der Waals surface area (Å²) in [5, 5.41) is 68.8. The monoisotopic (exact) mass is 918 g/mol. The lowest BCUT2D eigenvalue weighted by molar-refractivity contribution is -0.302. The lowest BCUT2D eigenvalue weighted by atomic mass is 9.68. The van der Waals surface area contributed by atoms with Crippen LogP contribution in [0.5, 0.6) is 0 Å². The van der Waals surface area contributed by atoms with Crippen LogP contribution >= 0.6 is 0 Å². The van der Waals surface area contributed by atoms with Gasteiger partial charge in [-0.05, 0) is 111 Å². The van der Waals surface area contributed by atoms with Crippen molar-refractivity contribution in [2.24, 2.45) is 23.7 Å². The van der Waals surface area contributed by atoms with Gasteiger partial charge >= 0.3 is 5.97 Å². The zero-order valence-corrected chi connectivity index (χ0v) is 41.6. The van der Waals surface area contributed by atoms with Gasteiger partial charge in [-0.3, -0.25) is 4.79 Å². The molecule has 1 unspecified atom stereocenters. The third-order valence-corrected chi connectivity index (χ3v) is 15.3. The van der Waals surface area contributed by atoms with Crippen LogP contribution in [0.3, 0.4) is 0 Å². The molecule has 0 saturated carbocycles. The predicted molar refractivity (Wildman–Crippen MR) is 246 cm³/mol. The molecule has 0 bridgehead atoms. The molecule has 0 radical (unpaired) electrons. The lowest BCUT2D eigenvalue weighted by Gasteiger charge is -2.51. The molecule has 5 N–H and O–H groups in total. The van der Waals surface area contributed by atoms with Crippen molar-refractivity contribution >= 4 is 5.97 Å². The summed E-state index contributed by atoms with van der Waals surface area (Å²) < 4.78 is 33.9. The zero-order valence-electron chi connectivity index (χ0n) is 41.6. The van der Waals surface area contributed by atoms with Crippen LogP contribution in [0.2, 0.25) is 0 Å². The summed E-state index contributed by atoms with van der Waals surface area (Å²) in [6.07, 6.45) is -3.70. The fourth-order valence-electron chi connectivity index (χ4n) is 11.1. The van der Waals surface area contributed by atoms with Gasteiger partial charge in [-0.25, -0.2) is 4.68 Å². The molecule has 1 aromatic heterocycles. The molecule has 3 fully saturated rings. The Bertz CT molecular complexity index is 1830. The molecule has 3 saturated heterocycles. The normalized spacial score (nSPS) is 42.0. The highest BCUT2D eigenvalue weighted by molar-refractivity contribution is 5.73. The van der Waals surface area contributed by atoms with E-state index in [9.17, 15) is 30.3 Å². The Labute approximate surface area is 387 Å². The van der Waals surface area contributed by atoms with Crippen molar-refractivity contribution in [3.63, 3.8) is 0 Å². The summed E-state index contributed by atoms with van der Waals surface area (Å²) in [7, 11) is 5.36. The molecule has 0 amide bonds. The van der Waals surface area contributed by atoms with Gasteiger partial charge in [0.05, 0.1) is 59.1 Å². The third kappa shape index (κ3) is 12.0. The smallest absolute Gasteiger partial charge is 0.309 e. The van der Waals surface area contributed by atoms with Crippen molar-refractivity contribution in [1.82, 2.24) is 24.8 Å². The molecule has 65 heavy (non-hydrogen) atoms. The minimum absolute atomic E-state index is 0.157. The van der Waals surface area contributed by atoms with Gasteiger partial charge in [-0.15, -0.1) is 5.10 Å². The number of methoxy groups -OCH3 is 1. The highest BCUT2D eigenvalue weighted by Gasteiger charge is 2.55. The fourth-order valence-corrected chi connectivity index (χ4v) is 11.1. The standard InChI is InChI=1S/C49H83N5O11/c1-15-34-18-17-19-36(23-34)54-27-35(50-51-54)20-21-52(12)37-22-29(4)62-46(41(37)55)65-44-30(5)40(38-25-48(10,61-14)43(57)33(8)63-38)31(6)45(58)64-39(16-2)49(11,60)42(56)32(7)53(13)26-28(3)24-47(44,9)59/h17-19,23,27-33,37-44,46,55-57,59-60H,15-16,20-22,24-26H2,1-14H3/t28-,29-,30+,31-,32-,33+,37+,38?,39-,40+,41-,42-,43+,44-,46+,47-,48-,49-/m1/s1. The second-order valence-corrected chi connectivity index (χ2v) is 20.7. The van der Waals surface area contributed by atoms with Gasteiger partial charge in [0.2, 0.25) is 0 Å². The quantitative estimate of drug-likeness (QED) is 0.203. The number of carbonyl (C=O) groups is 1. The number of aliphatic hydroxyl groups is 5. The first-order valence-corrected chi connectivity index (χ1v) is 24.0. The fraction of sp³-hybridized carbons (Fsp3) is 0.816. The van der Waals surface area contributed by atoms with Gasteiger partial charge in [0.1, 0.15) is 30.0 Å². The average molecular weight is 918 g/mol. The van der Waals surface area contributed by atoms with Crippen molar-refractivity contribution in [2.75, 3.05) is 34.3 Å². The molecule has 370 valence electrons. The van der Waals surface area contributed by atoms with Gasteiger partial charge < -0.3 is 59.0 Å². The molecule has 0 aliphatic carbocycles.